The van der Waals surface area contributed by atoms with Gasteiger partial charge >= 0.3 is 5.97 Å². The third-order valence-electron chi connectivity index (χ3n) is 6.96. The van der Waals surface area contributed by atoms with E-state index in [1.807, 2.05) is 67.6 Å². The molecule has 2 aromatic rings. The van der Waals surface area contributed by atoms with Crippen LogP contribution in [0.1, 0.15) is 44.7 Å². The highest BCUT2D eigenvalue weighted by molar-refractivity contribution is 5.86. The second kappa shape index (κ2) is 11.9. The van der Waals surface area contributed by atoms with Gasteiger partial charge in [-0.1, -0.05) is 67.6 Å². The minimum absolute atomic E-state index is 0.0242. The summed E-state index contributed by atoms with van der Waals surface area (Å²) in [5.74, 6) is 5.80. The number of fused-ring (bicyclic) bond motifs is 1. The molecule has 1 saturated carbocycles. The molecule has 4 unspecified atom stereocenters. The lowest BCUT2D eigenvalue weighted by atomic mass is 9.62. The van der Waals surface area contributed by atoms with Crippen molar-refractivity contribution in [3.63, 3.8) is 0 Å². The normalized spacial score (nSPS) is 27.3. The predicted octanol–water partition coefficient (Wildman–Crippen LogP) is 5.17. The molecular weight excluding hydrogens is 456 g/mol. The Morgan fingerprint density at radius 1 is 0.972 bits per heavy atom. The van der Waals surface area contributed by atoms with Crippen LogP contribution in [0.2, 0.25) is 0 Å². The van der Waals surface area contributed by atoms with Crippen molar-refractivity contribution in [2.24, 2.45) is 5.92 Å². The van der Waals surface area contributed by atoms with Gasteiger partial charge < -0.3 is 23.7 Å². The molecule has 0 bridgehead atoms. The van der Waals surface area contributed by atoms with Crippen molar-refractivity contribution in [2.75, 3.05) is 13.6 Å². The van der Waals surface area contributed by atoms with Gasteiger partial charge in [0, 0.05) is 6.08 Å². The summed E-state index contributed by atoms with van der Waals surface area (Å²) in [6.07, 6.45) is 2.37. The van der Waals surface area contributed by atoms with Crippen molar-refractivity contribution in [3.8, 4) is 11.8 Å². The van der Waals surface area contributed by atoms with Crippen LogP contribution >= 0.6 is 0 Å². The topological polar surface area (TPSA) is 63.2 Å². The molecule has 0 radical (unpaired) electrons. The molecule has 1 aliphatic heterocycles. The highest BCUT2D eigenvalue weighted by atomic mass is 16.7. The van der Waals surface area contributed by atoms with E-state index in [0.29, 0.717) is 19.6 Å². The maximum absolute atomic E-state index is 12.7. The Balaban J connectivity index is 1.53. The molecule has 6 heteroatoms. The van der Waals surface area contributed by atoms with Crippen LogP contribution in [0.3, 0.4) is 0 Å². The quantitative estimate of drug-likeness (QED) is 0.198. The number of hydrogen-bond acceptors (Lipinski definition) is 6. The third-order valence-corrected chi connectivity index (χ3v) is 6.96. The van der Waals surface area contributed by atoms with Crippen molar-refractivity contribution < 1.29 is 28.5 Å². The van der Waals surface area contributed by atoms with Gasteiger partial charge in [-0.3, -0.25) is 0 Å². The Morgan fingerprint density at radius 3 is 2.19 bits per heavy atom. The van der Waals surface area contributed by atoms with Crippen LogP contribution in [0.4, 0.5) is 0 Å². The molecule has 0 aromatic heterocycles. The van der Waals surface area contributed by atoms with E-state index in [-0.39, 0.29) is 19.5 Å². The van der Waals surface area contributed by atoms with E-state index in [1.54, 1.807) is 6.92 Å². The SMILES string of the molecule is CC#CC12OC(=O)C=C(C)C1(OCOCc1ccccc1)CCC(C)C2OCOCc1ccccc1. The second-order valence-corrected chi connectivity index (χ2v) is 9.34. The number of carbonyl (C=O) groups is 1. The summed E-state index contributed by atoms with van der Waals surface area (Å²) in [6, 6.07) is 19.8. The molecule has 2 aliphatic rings. The van der Waals surface area contributed by atoms with Crippen molar-refractivity contribution in [1.29, 1.82) is 0 Å². The molecule has 0 saturated heterocycles. The van der Waals surface area contributed by atoms with Crippen molar-refractivity contribution >= 4 is 5.97 Å². The fourth-order valence-corrected chi connectivity index (χ4v) is 5.20. The van der Waals surface area contributed by atoms with Gasteiger partial charge in [-0.05, 0) is 55.2 Å². The first-order chi connectivity index (χ1) is 17.5. The minimum Gasteiger partial charge on any atom is -0.436 e. The summed E-state index contributed by atoms with van der Waals surface area (Å²) >= 11 is 0. The first-order valence-corrected chi connectivity index (χ1v) is 12.4. The molecule has 36 heavy (non-hydrogen) atoms. The minimum atomic E-state index is -1.32. The van der Waals surface area contributed by atoms with Crippen LogP contribution in [0.15, 0.2) is 72.3 Å². The highest BCUT2D eigenvalue weighted by Gasteiger charge is 2.66. The number of benzene rings is 2. The summed E-state index contributed by atoms with van der Waals surface area (Å²) in [4.78, 5) is 12.7. The Labute approximate surface area is 213 Å². The average molecular weight is 491 g/mol. The Hall–Kier alpha value is -2.95. The first-order valence-electron chi connectivity index (χ1n) is 12.4. The molecule has 6 nitrogen and oxygen atoms in total. The van der Waals surface area contributed by atoms with Gasteiger partial charge in [0.25, 0.3) is 0 Å². The Kier molecular flexibility index (Phi) is 8.60. The zero-order valence-electron chi connectivity index (χ0n) is 21.2. The molecule has 4 rings (SSSR count). The third kappa shape index (κ3) is 5.40. The van der Waals surface area contributed by atoms with Gasteiger partial charge in [0.05, 0.1) is 13.2 Å². The van der Waals surface area contributed by atoms with E-state index in [0.717, 1.165) is 23.1 Å². The standard InChI is InChI=1S/C30H34O6/c1-4-16-30-28(34-21-32-19-25-11-7-5-8-12-25)23(2)15-17-29(30,24(3)18-27(31)36-30)35-22-33-20-26-13-9-6-10-14-26/h5-14,18,23,28H,15,17,19-22H2,1-3H3. The number of rotatable bonds is 10. The van der Waals surface area contributed by atoms with E-state index in [1.165, 1.54) is 6.08 Å². The summed E-state index contributed by atoms with van der Waals surface area (Å²) < 4.78 is 30.5. The van der Waals surface area contributed by atoms with E-state index < -0.39 is 23.3 Å². The summed E-state index contributed by atoms with van der Waals surface area (Å²) in [5, 5.41) is 0. The smallest absolute Gasteiger partial charge is 0.332 e. The molecule has 0 amide bonds. The fraction of sp³-hybridized carbons (Fsp3) is 0.433. The van der Waals surface area contributed by atoms with Gasteiger partial charge in [-0.2, -0.15) is 0 Å². The summed E-state index contributed by atoms with van der Waals surface area (Å²) in [7, 11) is 0. The first kappa shape index (κ1) is 26.1. The molecule has 1 fully saturated rings. The van der Waals surface area contributed by atoms with Crippen LogP contribution in [-0.4, -0.2) is 36.9 Å². The van der Waals surface area contributed by atoms with Crippen molar-refractivity contribution in [2.45, 2.75) is 64.1 Å². The number of ether oxygens (including phenoxy) is 5. The van der Waals surface area contributed by atoms with Gasteiger partial charge in [-0.15, -0.1) is 5.92 Å². The highest BCUT2D eigenvalue weighted by Crippen LogP contribution is 2.52. The van der Waals surface area contributed by atoms with E-state index in [2.05, 4.69) is 18.8 Å². The average Bonchev–Trinajstić information content (AvgIpc) is 2.88. The molecular formula is C30H34O6. The van der Waals surface area contributed by atoms with E-state index in [4.69, 9.17) is 23.7 Å². The zero-order valence-corrected chi connectivity index (χ0v) is 21.2. The lowest BCUT2D eigenvalue weighted by Crippen LogP contribution is -2.70. The van der Waals surface area contributed by atoms with Gasteiger partial charge in [0.2, 0.25) is 5.60 Å². The molecule has 1 aliphatic carbocycles. The van der Waals surface area contributed by atoms with Crippen LogP contribution in [0.5, 0.6) is 0 Å². The molecule has 0 N–H and O–H groups in total. The lowest BCUT2D eigenvalue weighted by molar-refractivity contribution is -0.274. The molecule has 0 spiro atoms. The lowest BCUT2D eigenvalue weighted by Gasteiger charge is -2.56. The van der Waals surface area contributed by atoms with Crippen molar-refractivity contribution in [3.05, 3.63) is 83.4 Å². The second-order valence-electron chi connectivity index (χ2n) is 9.34. The molecule has 2 aromatic carbocycles. The van der Waals surface area contributed by atoms with Gasteiger partial charge in [0.15, 0.2) is 0 Å². The van der Waals surface area contributed by atoms with Crippen LogP contribution in [0.25, 0.3) is 0 Å². The summed E-state index contributed by atoms with van der Waals surface area (Å²) in [6.45, 7) is 6.60. The van der Waals surface area contributed by atoms with Gasteiger partial charge in [-0.25, -0.2) is 4.79 Å². The fourth-order valence-electron chi connectivity index (χ4n) is 5.20. The van der Waals surface area contributed by atoms with Gasteiger partial charge in [0.1, 0.15) is 25.3 Å². The maximum atomic E-state index is 12.7. The predicted molar refractivity (Wildman–Crippen MR) is 135 cm³/mol. The zero-order chi connectivity index (χ0) is 25.4. The van der Waals surface area contributed by atoms with E-state index in [9.17, 15) is 4.79 Å². The van der Waals surface area contributed by atoms with E-state index >= 15 is 0 Å². The largest absolute Gasteiger partial charge is 0.436 e. The molecule has 190 valence electrons. The Bertz CT molecular complexity index is 1100. The molecule has 4 atom stereocenters. The molecule has 1 heterocycles. The van der Waals surface area contributed by atoms with Crippen molar-refractivity contribution in [1.82, 2.24) is 0 Å². The Morgan fingerprint density at radius 2 is 1.58 bits per heavy atom. The number of carbonyl (C=O) groups excluding carboxylic acids is 1. The number of hydrogen-bond donors (Lipinski definition) is 0. The van der Waals surface area contributed by atoms with Crippen LogP contribution in [0, 0.1) is 17.8 Å². The monoisotopic (exact) mass is 490 g/mol. The summed E-state index contributed by atoms with van der Waals surface area (Å²) in [5.41, 5.74) is 0.556. The maximum Gasteiger partial charge on any atom is 0.332 e. The van der Waals surface area contributed by atoms with Crippen LogP contribution in [-0.2, 0) is 41.7 Å². The van der Waals surface area contributed by atoms with Crippen LogP contribution < -0.4 is 0 Å². The number of esters is 1.